The summed E-state index contributed by atoms with van der Waals surface area (Å²) in [5.41, 5.74) is 0. The van der Waals surface area contributed by atoms with E-state index in [9.17, 15) is 22.8 Å². The van der Waals surface area contributed by atoms with E-state index >= 15 is 0 Å². The lowest BCUT2D eigenvalue weighted by atomic mass is 10.2. The van der Waals surface area contributed by atoms with Crippen LogP contribution in [-0.4, -0.2) is 56.9 Å². The second-order valence-corrected chi connectivity index (χ2v) is 3.81. The maximum atomic E-state index is 12.0. The molecule has 0 aromatic rings. The number of methoxy groups -OCH3 is 2. The highest BCUT2D eigenvalue weighted by molar-refractivity contribution is 5.77. The third-order valence-electron chi connectivity index (χ3n) is 2.35. The maximum Gasteiger partial charge on any atom is 0.389 e. The van der Waals surface area contributed by atoms with E-state index < -0.39 is 30.9 Å². The fraction of sp³-hybridized carbons (Fsp3) is 0.818. The molecule has 0 unspecified atom stereocenters. The summed E-state index contributed by atoms with van der Waals surface area (Å²) in [5.74, 6) is -1.18. The van der Waals surface area contributed by atoms with E-state index in [1.807, 2.05) is 0 Å². The molecular formula is C11H18F3NO4. The van der Waals surface area contributed by atoms with Crippen molar-refractivity contribution in [1.82, 2.24) is 4.90 Å². The normalized spacial score (nSPS) is 11.2. The lowest BCUT2D eigenvalue weighted by Gasteiger charge is -2.22. The largest absolute Gasteiger partial charge is 0.469 e. The van der Waals surface area contributed by atoms with Gasteiger partial charge in [0.05, 0.1) is 26.6 Å². The molecule has 0 N–H and O–H groups in total. The molecule has 5 nitrogen and oxygen atoms in total. The van der Waals surface area contributed by atoms with Crippen molar-refractivity contribution in [1.29, 1.82) is 0 Å². The molecular weight excluding hydrogens is 267 g/mol. The second kappa shape index (κ2) is 8.73. The summed E-state index contributed by atoms with van der Waals surface area (Å²) in [4.78, 5) is 23.7. The Bertz CT molecular complexity index is 294. The van der Waals surface area contributed by atoms with Gasteiger partial charge in [0.2, 0.25) is 5.91 Å². The number of carbonyl (C=O) groups is 2. The van der Waals surface area contributed by atoms with Crippen molar-refractivity contribution >= 4 is 11.9 Å². The standard InChI is InChI=1S/C11H18F3NO4/c1-18-8-7-15(6-4-10(17)19-2)9(16)3-5-11(12,13)14/h3-8H2,1-2H3. The van der Waals surface area contributed by atoms with Gasteiger partial charge < -0.3 is 14.4 Å². The molecule has 19 heavy (non-hydrogen) atoms. The minimum atomic E-state index is -4.37. The summed E-state index contributed by atoms with van der Waals surface area (Å²) < 4.78 is 45.3. The van der Waals surface area contributed by atoms with E-state index in [-0.39, 0.29) is 26.1 Å². The lowest BCUT2D eigenvalue weighted by Crippen LogP contribution is -2.36. The third-order valence-corrected chi connectivity index (χ3v) is 2.35. The zero-order valence-electron chi connectivity index (χ0n) is 11.0. The molecule has 0 bridgehead atoms. The molecule has 0 aromatic carbocycles. The molecule has 0 rings (SSSR count). The van der Waals surface area contributed by atoms with Crippen LogP contribution in [0.3, 0.4) is 0 Å². The summed E-state index contributed by atoms with van der Waals surface area (Å²) >= 11 is 0. The Morgan fingerprint density at radius 1 is 1.11 bits per heavy atom. The summed E-state index contributed by atoms with van der Waals surface area (Å²) in [6.45, 7) is 0.357. The van der Waals surface area contributed by atoms with Crippen molar-refractivity contribution in [3.05, 3.63) is 0 Å². The SMILES string of the molecule is COCCN(CCC(=O)OC)C(=O)CCC(F)(F)F. The Morgan fingerprint density at radius 2 is 1.74 bits per heavy atom. The molecule has 8 heteroatoms. The topological polar surface area (TPSA) is 55.8 Å². The number of nitrogens with zero attached hydrogens (tertiary/aromatic N) is 1. The summed E-state index contributed by atoms with van der Waals surface area (Å²) in [6.07, 6.45) is -6.23. The molecule has 1 amide bonds. The fourth-order valence-electron chi connectivity index (χ4n) is 1.30. The highest BCUT2D eigenvalue weighted by Crippen LogP contribution is 2.21. The Kier molecular flexibility index (Phi) is 8.13. The third kappa shape index (κ3) is 9.29. The molecule has 0 aliphatic rings. The highest BCUT2D eigenvalue weighted by Gasteiger charge is 2.29. The quantitative estimate of drug-likeness (QED) is 0.632. The van der Waals surface area contributed by atoms with E-state index in [1.165, 1.54) is 19.1 Å². The van der Waals surface area contributed by atoms with Gasteiger partial charge >= 0.3 is 12.1 Å². The van der Waals surface area contributed by atoms with Gasteiger partial charge in [0.25, 0.3) is 0 Å². The first-order valence-corrected chi connectivity index (χ1v) is 5.70. The number of ether oxygens (including phenoxy) is 2. The molecule has 0 radical (unpaired) electrons. The van der Waals surface area contributed by atoms with E-state index in [0.29, 0.717) is 0 Å². The smallest absolute Gasteiger partial charge is 0.389 e. The molecule has 0 aliphatic heterocycles. The molecule has 0 saturated heterocycles. The maximum absolute atomic E-state index is 12.0. The van der Waals surface area contributed by atoms with Crippen LogP contribution >= 0.6 is 0 Å². The summed E-state index contributed by atoms with van der Waals surface area (Å²) in [5, 5.41) is 0. The van der Waals surface area contributed by atoms with Crippen LogP contribution in [0.2, 0.25) is 0 Å². The predicted octanol–water partition coefficient (Wildman–Crippen LogP) is 1.37. The van der Waals surface area contributed by atoms with Crippen LogP contribution in [0.25, 0.3) is 0 Å². The zero-order valence-corrected chi connectivity index (χ0v) is 11.0. The first-order chi connectivity index (χ1) is 8.80. The van der Waals surface area contributed by atoms with E-state index in [0.717, 1.165) is 0 Å². The van der Waals surface area contributed by atoms with Gasteiger partial charge in [0, 0.05) is 26.6 Å². The first-order valence-electron chi connectivity index (χ1n) is 5.70. The predicted molar refractivity (Wildman–Crippen MR) is 60.4 cm³/mol. The Labute approximate surface area is 109 Å². The fourth-order valence-corrected chi connectivity index (χ4v) is 1.30. The Hall–Kier alpha value is -1.31. The van der Waals surface area contributed by atoms with E-state index in [1.54, 1.807) is 0 Å². The van der Waals surface area contributed by atoms with Gasteiger partial charge in [0.1, 0.15) is 0 Å². The van der Waals surface area contributed by atoms with Gasteiger partial charge in [0.15, 0.2) is 0 Å². The zero-order chi connectivity index (χ0) is 14.9. The molecule has 0 aliphatic carbocycles. The van der Waals surface area contributed by atoms with Gasteiger partial charge in [-0.2, -0.15) is 13.2 Å². The number of amides is 1. The van der Waals surface area contributed by atoms with Gasteiger partial charge in [-0.3, -0.25) is 9.59 Å². The van der Waals surface area contributed by atoms with Crippen molar-refractivity contribution in [3.63, 3.8) is 0 Å². The average molecular weight is 285 g/mol. The summed E-state index contributed by atoms with van der Waals surface area (Å²) in [7, 11) is 2.62. The van der Waals surface area contributed by atoms with Gasteiger partial charge in [-0.05, 0) is 0 Å². The highest BCUT2D eigenvalue weighted by atomic mass is 19.4. The molecule has 112 valence electrons. The number of esters is 1. The minimum absolute atomic E-state index is 0.0206. The van der Waals surface area contributed by atoms with Crippen molar-refractivity contribution < 1.29 is 32.2 Å². The Balaban J connectivity index is 4.30. The first kappa shape index (κ1) is 17.7. The minimum Gasteiger partial charge on any atom is -0.469 e. The van der Waals surface area contributed by atoms with Crippen molar-refractivity contribution in [3.8, 4) is 0 Å². The second-order valence-electron chi connectivity index (χ2n) is 3.81. The van der Waals surface area contributed by atoms with Crippen LogP contribution in [0.15, 0.2) is 0 Å². The van der Waals surface area contributed by atoms with Crippen LogP contribution in [0.1, 0.15) is 19.3 Å². The molecule has 0 heterocycles. The molecule has 0 aromatic heterocycles. The van der Waals surface area contributed by atoms with Crippen LogP contribution in [0.4, 0.5) is 13.2 Å². The molecule has 0 spiro atoms. The Morgan fingerprint density at radius 3 is 2.21 bits per heavy atom. The van der Waals surface area contributed by atoms with Crippen molar-refractivity contribution in [2.75, 3.05) is 33.9 Å². The van der Waals surface area contributed by atoms with Crippen LogP contribution in [0, 0.1) is 0 Å². The lowest BCUT2D eigenvalue weighted by molar-refractivity contribution is -0.150. The molecule has 0 atom stereocenters. The van der Waals surface area contributed by atoms with Crippen LogP contribution in [0.5, 0.6) is 0 Å². The number of carbonyl (C=O) groups excluding carboxylic acids is 2. The van der Waals surface area contributed by atoms with Gasteiger partial charge in [-0.25, -0.2) is 0 Å². The van der Waals surface area contributed by atoms with Gasteiger partial charge in [-0.1, -0.05) is 0 Å². The molecule has 0 fully saturated rings. The number of hydrogen-bond acceptors (Lipinski definition) is 4. The van der Waals surface area contributed by atoms with Crippen LogP contribution in [-0.2, 0) is 19.1 Å². The molecule has 0 saturated carbocycles. The van der Waals surface area contributed by atoms with Gasteiger partial charge in [-0.15, -0.1) is 0 Å². The van der Waals surface area contributed by atoms with E-state index in [4.69, 9.17) is 4.74 Å². The van der Waals surface area contributed by atoms with Crippen molar-refractivity contribution in [2.45, 2.75) is 25.4 Å². The van der Waals surface area contributed by atoms with Crippen LogP contribution < -0.4 is 0 Å². The number of rotatable bonds is 8. The average Bonchev–Trinajstić information content (AvgIpc) is 2.34. The summed E-state index contributed by atoms with van der Waals surface area (Å²) in [6, 6.07) is 0. The number of hydrogen-bond donors (Lipinski definition) is 0. The van der Waals surface area contributed by atoms with Crippen molar-refractivity contribution in [2.24, 2.45) is 0 Å². The van der Waals surface area contributed by atoms with E-state index in [2.05, 4.69) is 4.74 Å². The monoisotopic (exact) mass is 285 g/mol. The number of alkyl halides is 3. The number of halogens is 3.